The number of rotatable bonds is 2. The molecule has 6 heteroatoms. The Hall–Kier alpha value is -1.85. The van der Waals surface area contributed by atoms with E-state index in [1.54, 1.807) is 12.1 Å². The van der Waals surface area contributed by atoms with E-state index in [1.165, 1.54) is 0 Å². The Morgan fingerprint density at radius 2 is 1.95 bits per heavy atom. The van der Waals surface area contributed by atoms with Gasteiger partial charge in [0.2, 0.25) is 5.88 Å². The van der Waals surface area contributed by atoms with E-state index in [0.29, 0.717) is 16.4 Å². The Balaban J connectivity index is 2.06. The van der Waals surface area contributed by atoms with Gasteiger partial charge in [-0.15, -0.1) is 5.11 Å². The number of aryl methyl sites for hydroxylation is 1. The molecule has 2 aromatic carbocycles. The fraction of sp³-hybridized carbons (Fsp3) is 0.0667. The lowest BCUT2D eigenvalue weighted by Crippen LogP contribution is -1.73. The van der Waals surface area contributed by atoms with Crippen LogP contribution in [0.4, 0.5) is 11.4 Å². The first kappa shape index (κ1) is 14.1. The van der Waals surface area contributed by atoms with Crippen molar-refractivity contribution >= 4 is 49.8 Å². The van der Waals surface area contributed by atoms with Crippen LogP contribution in [0.3, 0.4) is 0 Å². The zero-order valence-corrected chi connectivity index (χ0v) is 13.4. The van der Waals surface area contributed by atoms with Crippen molar-refractivity contribution in [1.82, 2.24) is 4.98 Å². The number of aromatic nitrogens is 1. The summed E-state index contributed by atoms with van der Waals surface area (Å²) >= 11 is 9.32. The normalized spacial score (nSPS) is 11.6. The fourth-order valence-electron chi connectivity index (χ4n) is 2.07. The summed E-state index contributed by atoms with van der Waals surface area (Å²) in [6.45, 7) is 1.91. The van der Waals surface area contributed by atoms with Crippen molar-refractivity contribution in [1.29, 1.82) is 0 Å². The average Bonchev–Trinajstić information content (AvgIpc) is 2.73. The number of azo groups is 1. The van der Waals surface area contributed by atoms with E-state index in [4.69, 9.17) is 11.6 Å². The Morgan fingerprint density at radius 3 is 2.71 bits per heavy atom. The van der Waals surface area contributed by atoms with E-state index >= 15 is 0 Å². The topological polar surface area (TPSA) is 60.7 Å². The number of nitrogens with one attached hydrogen (secondary N) is 1. The molecule has 0 amide bonds. The summed E-state index contributed by atoms with van der Waals surface area (Å²) in [6.07, 6.45) is 0. The Morgan fingerprint density at radius 1 is 1.14 bits per heavy atom. The van der Waals surface area contributed by atoms with Crippen molar-refractivity contribution in [2.75, 3.05) is 0 Å². The van der Waals surface area contributed by atoms with Crippen LogP contribution in [0.2, 0.25) is 5.02 Å². The third-order valence-corrected chi connectivity index (χ3v) is 3.86. The molecule has 0 radical (unpaired) electrons. The molecule has 2 N–H and O–H groups in total. The van der Waals surface area contributed by atoms with Crippen LogP contribution in [0, 0.1) is 6.92 Å². The number of aromatic hydroxyl groups is 1. The van der Waals surface area contributed by atoms with Gasteiger partial charge in [-0.3, -0.25) is 0 Å². The van der Waals surface area contributed by atoms with Gasteiger partial charge in [-0.2, -0.15) is 5.11 Å². The van der Waals surface area contributed by atoms with E-state index in [1.807, 2.05) is 31.2 Å². The summed E-state index contributed by atoms with van der Waals surface area (Å²) in [5, 5.41) is 19.8. The predicted molar refractivity (Wildman–Crippen MR) is 88.0 cm³/mol. The second-order valence-electron chi connectivity index (χ2n) is 4.64. The largest absolute Gasteiger partial charge is 0.493 e. The Bertz CT molecular complexity index is 857. The first-order chi connectivity index (χ1) is 10.0. The maximum atomic E-state index is 9.97. The molecule has 106 valence electrons. The highest BCUT2D eigenvalue weighted by atomic mass is 79.9. The first-order valence-corrected chi connectivity index (χ1v) is 7.40. The van der Waals surface area contributed by atoms with Crippen LogP contribution in [0.1, 0.15) is 5.56 Å². The highest BCUT2D eigenvalue weighted by Gasteiger charge is 2.10. The number of H-pyrrole nitrogens is 1. The van der Waals surface area contributed by atoms with Crippen LogP contribution in [0.25, 0.3) is 10.9 Å². The lowest BCUT2D eigenvalue weighted by atomic mass is 10.2. The summed E-state index contributed by atoms with van der Waals surface area (Å²) in [6, 6.07) is 11.0. The molecule has 1 heterocycles. The molecule has 0 fully saturated rings. The molecule has 0 aliphatic carbocycles. The molecule has 0 spiro atoms. The molecule has 0 aliphatic heterocycles. The van der Waals surface area contributed by atoms with Gasteiger partial charge in [-0.05, 0) is 48.9 Å². The van der Waals surface area contributed by atoms with Gasteiger partial charge in [-0.1, -0.05) is 27.5 Å². The minimum absolute atomic E-state index is 0.00142. The standard InChI is InChI=1S/C15H11BrClN3O/c1-8-6-10(17)3-5-12(8)19-20-14-11-7-9(16)2-4-13(11)18-15(14)21/h2-7,18,21H,1H3. The van der Waals surface area contributed by atoms with Gasteiger partial charge < -0.3 is 10.1 Å². The molecule has 4 nitrogen and oxygen atoms in total. The zero-order valence-electron chi connectivity index (χ0n) is 11.1. The van der Waals surface area contributed by atoms with Crippen molar-refractivity contribution in [2.24, 2.45) is 10.2 Å². The van der Waals surface area contributed by atoms with Crippen molar-refractivity contribution in [3.8, 4) is 5.88 Å². The highest BCUT2D eigenvalue weighted by Crippen LogP contribution is 2.37. The minimum Gasteiger partial charge on any atom is -0.493 e. The van der Waals surface area contributed by atoms with Crippen LogP contribution in [-0.4, -0.2) is 10.1 Å². The van der Waals surface area contributed by atoms with Crippen LogP contribution >= 0.6 is 27.5 Å². The van der Waals surface area contributed by atoms with E-state index in [0.717, 1.165) is 20.9 Å². The van der Waals surface area contributed by atoms with Gasteiger partial charge in [0.25, 0.3) is 0 Å². The van der Waals surface area contributed by atoms with E-state index in [9.17, 15) is 5.11 Å². The highest BCUT2D eigenvalue weighted by molar-refractivity contribution is 9.10. The number of hydrogen-bond acceptors (Lipinski definition) is 3. The molecule has 21 heavy (non-hydrogen) atoms. The third-order valence-electron chi connectivity index (χ3n) is 3.13. The van der Waals surface area contributed by atoms with Crippen LogP contribution in [0.5, 0.6) is 5.88 Å². The van der Waals surface area contributed by atoms with Gasteiger partial charge in [0.05, 0.1) is 11.2 Å². The van der Waals surface area contributed by atoms with Gasteiger partial charge in [0.15, 0.2) is 5.69 Å². The summed E-state index contributed by atoms with van der Waals surface area (Å²) in [5.74, 6) is -0.00142. The maximum absolute atomic E-state index is 9.97. The molecule has 0 aliphatic rings. The summed E-state index contributed by atoms with van der Waals surface area (Å²) in [4.78, 5) is 2.87. The lowest BCUT2D eigenvalue weighted by Gasteiger charge is -1.99. The second kappa shape index (κ2) is 5.50. The number of aromatic amines is 1. The molecule has 0 saturated carbocycles. The van der Waals surface area contributed by atoms with Crippen molar-refractivity contribution in [2.45, 2.75) is 6.92 Å². The lowest BCUT2D eigenvalue weighted by molar-refractivity contribution is 0.459. The Kier molecular flexibility index (Phi) is 3.69. The number of benzene rings is 2. The quantitative estimate of drug-likeness (QED) is 0.537. The van der Waals surface area contributed by atoms with Crippen LogP contribution < -0.4 is 0 Å². The number of hydrogen-bond donors (Lipinski definition) is 2. The summed E-state index contributed by atoms with van der Waals surface area (Å²) < 4.78 is 0.910. The molecule has 1 aromatic heterocycles. The minimum atomic E-state index is -0.00142. The molecule has 0 saturated heterocycles. The van der Waals surface area contributed by atoms with Crippen LogP contribution in [0.15, 0.2) is 51.1 Å². The summed E-state index contributed by atoms with van der Waals surface area (Å²) in [7, 11) is 0. The third kappa shape index (κ3) is 2.80. The number of halogens is 2. The van der Waals surface area contributed by atoms with E-state index < -0.39 is 0 Å². The smallest absolute Gasteiger partial charge is 0.218 e. The van der Waals surface area contributed by atoms with Gasteiger partial charge in [0, 0.05) is 14.9 Å². The molecular formula is C15H11BrClN3O. The van der Waals surface area contributed by atoms with Gasteiger partial charge >= 0.3 is 0 Å². The first-order valence-electron chi connectivity index (χ1n) is 6.22. The van der Waals surface area contributed by atoms with E-state index in [-0.39, 0.29) is 5.88 Å². The number of fused-ring (bicyclic) bond motifs is 1. The predicted octanol–water partition coefficient (Wildman–Crippen LogP) is 6.01. The molecular weight excluding hydrogens is 354 g/mol. The van der Waals surface area contributed by atoms with Crippen molar-refractivity contribution < 1.29 is 5.11 Å². The van der Waals surface area contributed by atoms with Gasteiger partial charge in [-0.25, -0.2) is 0 Å². The molecule has 0 atom stereocenters. The van der Waals surface area contributed by atoms with Gasteiger partial charge in [0.1, 0.15) is 0 Å². The Labute approximate surface area is 134 Å². The molecule has 3 rings (SSSR count). The monoisotopic (exact) mass is 363 g/mol. The fourth-order valence-corrected chi connectivity index (χ4v) is 2.66. The SMILES string of the molecule is Cc1cc(Cl)ccc1N=Nc1c(O)[nH]c2ccc(Br)cc12. The second-order valence-corrected chi connectivity index (χ2v) is 6.00. The summed E-state index contributed by atoms with van der Waals surface area (Å²) in [5.41, 5.74) is 2.85. The van der Waals surface area contributed by atoms with Crippen LogP contribution in [-0.2, 0) is 0 Å². The average molecular weight is 365 g/mol. The molecule has 3 aromatic rings. The molecule has 0 unspecified atom stereocenters. The molecule has 0 bridgehead atoms. The zero-order chi connectivity index (χ0) is 15.0. The maximum Gasteiger partial charge on any atom is 0.218 e. The van der Waals surface area contributed by atoms with Crippen molar-refractivity contribution in [3.63, 3.8) is 0 Å². The van der Waals surface area contributed by atoms with E-state index in [2.05, 4.69) is 31.1 Å². The number of nitrogens with zero attached hydrogens (tertiary/aromatic N) is 2. The van der Waals surface area contributed by atoms with Crippen molar-refractivity contribution in [3.05, 3.63) is 51.5 Å².